The van der Waals surface area contributed by atoms with Crippen molar-refractivity contribution in [1.29, 1.82) is 0 Å². The number of unbranched alkanes of at least 4 members (excludes halogenated alkanes) is 2. The Bertz CT molecular complexity index is 552. The molecule has 0 bridgehead atoms. The van der Waals surface area contributed by atoms with Crippen molar-refractivity contribution in [2.45, 2.75) is 19.3 Å². The van der Waals surface area contributed by atoms with Crippen LogP contribution in [-0.4, -0.2) is 29.7 Å². The standard InChI is InChI=1S/C15H18BrNOS/c1-17(10-6-2-5-9-16)15(18)13-11-19-14-8-4-3-7-12(13)14/h3-4,7-8,11H,2,5-6,9-10H2,1H3. The van der Waals surface area contributed by atoms with Gasteiger partial charge in [-0.2, -0.15) is 0 Å². The Morgan fingerprint density at radius 3 is 2.84 bits per heavy atom. The monoisotopic (exact) mass is 339 g/mol. The van der Waals surface area contributed by atoms with Crippen LogP contribution in [0.5, 0.6) is 0 Å². The van der Waals surface area contributed by atoms with Crippen LogP contribution in [0, 0.1) is 0 Å². The molecule has 1 aromatic carbocycles. The molecule has 0 aliphatic heterocycles. The predicted molar refractivity (Wildman–Crippen MR) is 86.4 cm³/mol. The zero-order chi connectivity index (χ0) is 13.7. The van der Waals surface area contributed by atoms with Gasteiger partial charge in [0.1, 0.15) is 0 Å². The van der Waals surface area contributed by atoms with E-state index in [-0.39, 0.29) is 5.91 Å². The average molecular weight is 340 g/mol. The largest absolute Gasteiger partial charge is 0.342 e. The molecular weight excluding hydrogens is 322 g/mol. The Morgan fingerprint density at radius 2 is 2.05 bits per heavy atom. The van der Waals surface area contributed by atoms with Crippen LogP contribution in [0.15, 0.2) is 29.6 Å². The van der Waals surface area contributed by atoms with Crippen molar-refractivity contribution in [2.75, 3.05) is 18.9 Å². The number of carbonyl (C=O) groups excluding carboxylic acids is 1. The molecule has 0 saturated heterocycles. The van der Waals surface area contributed by atoms with E-state index in [0.717, 1.165) is 35.7 Å². The van der Waals surface area contributed by atoms with Crippen LogP contribution in [0.2, 0.25) is 0 Å². The Morgan fingerprint density at radius 1 is 1.26 bits per heavy atom. The second kappa shape index (κ2) is 7.06. The maximum atomic E-state index is 12.4. The van der Waals surface area contributed by atoms with Crippen LogP contribution in [-0.2, 0) is 0 Å². The minimum Gasteiger partial charge on any atom is -0.342 e. The Balaban J connectivity index is 2.02. The second-order valence-corrected chi connectivity index (χ2v) is 6.33. The fourth-order valence-corrected chi connectivity index (χ4v) is 3.40. The van der Waals surface area contributed by atoms with Crippen LogP contribution < -0.4 is 0 Å². The minimum absolute atomic E-state index is 0.135. The highest BCUT2D eigenvalue weighted by Crippen LogP contribution is 2.26. The molecule has 2 nitrogen and oxygen atoms in total. The summed E-state index contributed by atoms with van der Waals surface area (Å²) in [6.07, 6.45) is 3.40. The van der Waals surface area contributed by atoms with Crippen molar-refractivity contribution in [2.24, 2.45) is 0 Å². The number of hydrogen-bond donors (Lipinski definition) is 0. The summed E-state index contributed by atoms with van der Waals surface area (Å²) >= 11 is 5.06. The van der Waals surface area contributed by atoms with Crippen molar-refractivity contribution in [3.05, 3.63) is 35.2 Å². The number of carbonyl (C=O) groups is 1. The van der Waals surface area contributed by atoms with E-state index in [2.05, 4.69) is 22.0 Å². The fraction of sp³-hybridized carbons (Fsp3) is 0.400. The summed E-state index contributed by atoms with van der Waals surface area (Å²) < 4.78 is 1.18. The van der Waals surface area contributed by atoms with Gasteiger partial charge in [0.15, 0.2) is 0 Å². The second-order valence-electron chi connectivity index (χ2n) is 4.62. The first-order valence-electron chi connectivity index (χ1n) is 6.51. The molecule has 0 saturated carbocycles. The Kier molecular flexibility index (Phi) is 5.40. The smallest absolute Gasteiger partial charge is 0.255 e. The lowest BCUT2D eigenvalue weighted by atomic mass is 10.1. The van der Waals surface area contributed by atoms with Gasteiger partial charge in [-0.05, 0) is 18.9 Å². The van der Waals surface area contributed by atoms with Crippen molar-refractivity contribution in [3.63, 3.8) is 0 Å². The summed E-state index contributed by atoms with van der Waals surface area (Å²) in [5, 5.41) is 4.09. The summed E-state index contributed by atoms with van der Waals surface area (Å²) in [6, 6.07) is 8.09. The molecule has 1 aromatic heterocycles. The third-order valence-corrected chi connectivity index (χ3v) is 4.71. The number of hydrogen-bond acceptors (Lipinski definition) is 2. The van der Waals surface area contributed by atoms with Crippen LogP contribution in [0.1, 0.15) is 29.6 Å². The van der Waals surface area contributed by atoms with Gasteiger partial charge in [-0.3, -0.25) is 4.79 Å². The molecule has 19 heavy (non-hydrogen) atoms. The van der Waals surface area contributed by atoms with Gasteiger partial charge in [-0.25, -0.2) is 0 Å². The van der Waals surface area contributed by atoms with E-state index in [1.54, 1.807) is 11.3 Å². The summed E-state index contributed by atoms with van der Waals surface area (Å²) in [6.45, 7) is 0.829. The van der Waals surface area contributed by atoms with Gasteiger partial charge in [0.2, 0.25) is 0 Å². The lowest BCUT2D eigenvalue weighted by molar-refractivity contribution is 0.0795. The number of nitrogens with zero attached hydrogens (tertiary/aromatic N) is 1. The molecule has 2 aromatic rings. The summed E-state index contributed by atoms with van der Waals surface area (Å²) in [5.41, 5.74) is 0.837. The van der Waals surface area contributed by atoms with Gasteiger partial charge in [-0.1, -0.05) is 40.5 Å². The molecule has 1 amide bonds. The number of fused-ring (bicyclic) bond motifs is 1. The van der Waals surface area contributed by atoms with Crippen LogP contribution in [0.3, 0.4) is 0 Å². The zero-order valence-electron chi connectivity index (χ0n) is 11.1. The Labute approximate surface area is 126 Å². The quantitative estimate of drug-likeness (QED) is 0.558. The molecule has 0 atom stereocenters. The summed E-state index contributed by atoms with van der Waals surface area (Å²) in [4.78, 5) is 14.2. The van der Waals surface area contributed by atoms with Crippen LogP contribution >= 0.6 is 27.3 Å². The fourth-order valence-electron chi connectivity index (χ4n) is 2.07. The predicted octanol–water partition coefficient (Wildman–Crippen LogP) is 4.54. The molecule has 0 fully saturated rings. The molecule has 0 unspecified atom stereocenters. The molecule has 0 aliphatic rings. The number of alkyl halides is 1. The van der Waals surface area contributed by atoms with Crippen molar-refractivity contribution >= 4 is 43.3 Å². The molecule has 0 N–H and O–H groups in total. The van der Waals surface area contributed by atoms with E-state index in [4.69, 9.17) is 0 Å². The van der Waals surface area contributed by atoms with Crippen molar-refractivity contribution < 1.29 is 4.79 Å². The number of rotatable bonds is 6. The zero-order valence-corrected chi connectivity index (χ0v) is 13.5. The van der Waals surface area contributed by atoms with Crippen LogP contribution in [0.4, 0.5) is 0 Å². The molecule has 1 heterocycles. The first-order chi connectivity index (χ1) is 9.24. The van der Waals surface area contributed by atoms with E-state index in [9.17, 15) is 4.79 Å². The lowest BCUT2D eigenvalue weighted by Gasteiger charge is -2.16. The van der Waals surface area contributed by atoms with E-state index in [0.29, 0.717) is 0 Å². The molecular formula is C15H18BrNOS. The van der Waals surface area contributed by atoms with Crippen molar-refractivity contribution in [3.8, 4) is 0 Å². The minimum atomic E-state index is 0.135. The summed E-state index contributed by atoms with van der Waals surface area (Å²) in [5.74, 6) is 0.135. The first kappa shape index (κ1) is 14.5. The highest BCUT2D eigenvalue weighted by molar-refractivity contribution is 9.09. The molecule has 4 heteroatoms. The van der Waals surface area contributed by atoms with E-state index < -0.39 is 0 Å². The highest BCUT2D eigenvalue weighted by Gasteiger charge is 2.15. The van der Waals surface area contributed by atoms with Gasteiger partial charge >= 0.3 is 0 Å². The van der Waals surface area contributed by atoms with Gasteiger partial charge in [-0.15, -0.1) is 11.3 Å². The third kappa shape index (κ3) is 3.57. The SMILES string of the molecule is CN(CCCCCBr)C(=O)c1csc2ccccc12. The first-order valence-corrected chi connectivity index (χ1v) is 8.52. The van der Waals surface area contributed by atoms with E-state index >= 15 is 0 Å². The average Bonchev–Trinajstić information content (AvgIpc) is 2.86. The number of thiophene rings is 1. The van der Waals surface area contributed by atoms with Gasteiger partial charge < -0.3 is 4.90 Å². The Hall–Kier alpha value is -0.870. The van der Waals surface area contributed by atoms with Gasteiger partial charge in [0.25, 0.3) is 5.91 Å². The molecule has 0 aliphatic carbocycles. The molecule has 0 spiro atoms. The normalized spacial score (nSPS) is 10.8. The summed E-state index contributed by atoms with van der Waals surface area (Å²) in [7, 11) is 1.89. The van der Waals surface area contributed by atoms with Gasteiger partial charge in [0, 0.05) is 34.4 Å². The molecule has 2 rings (SSSR count). The number of halogens is 1. The van der Waals surface area contributed by atoms with E-state index in [1.165, 1.54) is 11.1 Å². The molecule has 0 radical (unpaired) electrons. The number of benzene rings is 1. The van der Waals surface area contributed by atoms with Gasteiger partial charge in [0.05, 0.1) is 5.56 Å². The highest BCUT2D eigenvalue weighted by atomic mass is 79.9. The lowest BCUT2D eigenvalue weighted by Crippen LogP contribution is -2.27. The molecule has 102 valence electrons. The topological polar surface area (TPSA) is 20.3 Å². The van der Waals surface area contributed by atoms with Crippen LogP contribution in [0.25, 0.3) is 10.1 Å². The third-order valence-electron chi connectivity index (χ3n) is 3.19. The van der Waals surface area contributed by atoms with Crippen molar-refractivity contribution in [1.82, 2.24) is 4.90 Å². The maximum Gasteiger partial charge on any atom is 0.255 e. The number of amides is 1. The maximum absolute atomic E-state index is 12.4. The van der Waals surface area contributed by atoms with E-state index in [1.807, 2.05) is 35.5 Å².